The van der Waals surface area contributed by atoms with Gasteiger partial charge in [-0.3, -0.25) is 18.7 Å². The third-order valence-electron chi connectivity index (χ3n) is 4.30. The zero-order valence-corrected chi connectivity index (χ0v) is 16.0. The van der Waals surface area contributed by atoms with Crippen LogP contribution in [0.1, 0.15) is 24.2 Å². The topological polar surface area (TPSA) is 95.1 Å². The smallest absolute Gasteiger partial charge is 0.243 e. The molecule has 8 nitrogen and oxygen atoms in total. The Hall–Kier alpha value is -2.42. The summed E-state index contributed by atoms with van der Waals surface area (Å²) >= 11 is 0. The molecule has 0 aromatic heterocycles. The van der Waals surface area contributed by atoms with Gasteiger partial charge < -0.3 is 9.80 Å². The average Bonchev–Trinajstić information content (AvgIpc) is 2.58. The van der Waals surface area contributed by atoms with Gasteiger partial charge >= 0.3 is 0 Å². The summed E-state index contributed by atoms with van der Waals surface area (Å²) in [6.45, 7) is 4.11. The van der Waals surface area contributed by atoms with Crippen molar-refractivity contribution in [1.29, 1.82) is 0 Å². The predicted octanol–water partition coefficient (Wildman–Crippen LogP) is 0.346. The maximum Gasteiger partial charge on any atom is 0.243 e. The summed E-state index contributed by atoms with van der Waals surface area (Å²) < 4.78 is 25.4. The van der Waals surface area contributed by atoms with Crippen LogP contribution in [0, 0.1) is 0 Å². The molecule has 1 aliphatic rings. The number of hydrogen-bond donors (Lipinski definition) is 0. The number of sulfonamides is 1. The van der Waals surface area contributed by atoms with Gasteiger partial charge in [0.1, 0.15) is 6.54 Å². The van der Waals surface area contributed by atoms with E-state index in [-0.39, 0.29) is 29.8 Å². The first-order chi connectivity index (χ1) is 12.1. The first-order valence-corrected chi connectivity index (χ1v) is 10.1. The fraction of sp³-hybridized carbons (Fsp3) is 0.471. The summed E-state index contributed by atoms with van der Waals surface area (Å²) in [4.78, 5) is 38.7. The summed E-state index contributed by atoms with van der Waals surface area (Å²) in [6.07, 6.45) is 1.02. The highest BCUT2D eigenvalue weighted by atomic mass is 32.2. The number of rotatable bonds is 5. The highest BCUT2D eigenvalue weighted by molar-refractivity contribution is 7.92. The SMILES string of the molecule is CC(=O)c1cccc(N(CC(=O)N2CCN(C(C)=O)CC2)S(C)(=O)=O)c1. The first-order valence-electron chi connectivity index (χ1n) is 8.21. The van der Waals surface area contributed by atoms with Gasteiger partial charge in [0.15, 0.2) is 5.78 Å². The molecule has 26 heavy (non-hydrogen) atoms. The molecule has 0 bridgehead atoms. The van der Waals surface area contributed by atoms with E-state index in [1.165, 1.54) is 19.9 Å². The Balaban J connectivity index is 2.17. The van der Waals surface area contributed by atoms with Crippen LogP contribution in [0.15, 0.2) is 24.3 Å². The van der Waals surface area contributed by atoms with Crippen LogP contribution in [0.2, 0.25) is 0 Å². The van der Waals surface area contributed by atoms with Gasteiger partial charge in [-0.1, -0.05) is 12.1 Å². The molecule has 2 amide bonds. The van der Waals surface area contributed by atoms with Gasteiger partial charge in [0.25, 0.3) is 0 Å². The standard InChI is InChI=1S/C17H23N3O5S/c1-13(21)15-5-4-6-16(11-15)20(26(3,24)25)12-17(23)19-9-7-18(8-10-19)14(2)22/h4-6,11H,7-10,12H2,1-3H3. The largest absolute Gasteiger partial charge is 0.339 e. The number of piperazine rings is 1. The van der Waals surface area contributed by atoms with Crippen LogP contribution in [-0.4, -0.2) is 74.8 Å². The van der Waals surface area contributed by atoms with Crippen molar-refractivity contribution in [3.63, 3.8) is 0 Å². The number of hydrogen-bond acceptors (Lipinski definition) is 5. The Morgan fingerprint density at radius 1 is 1.04 bits per heavy atom. The Kier molecular flexibility index (Phi) is 6.01. The number of ketones is 1. The summed E-state index contributed by atoms with van der Waals surface area (Å²) in [5.41, 5.74) is 0.648. The van der Waals surface area contributed by atoms with E-state index in [0.29, 0.717) is 31.7 Å². The Morgan fingerprint density at radius 2 is 1.62 bits per heavy atom. The van der Waals surface area contributed by atoms with Gasteiger partial charge in [0.05, 0.1) is 11.9 Å². The summed E-state index contributed by atoms with van der Waals surface area (Å²) in [6, 6.07) is 6.19. The van der Waals surface area contributed by atoms with Gasteiger partial charge in [0, 0.05) is 38.7 Å². The van der Waals surface area contributed by atoms with Gasteiger partial charge in [-0.2, -0.15) is 0 Å². The van der Waals surface area contributed by atoms with Crippen LogP contribution >= 0.6 is 0 Å². The molecule has 1 aromatic carbocycles. The van der Waals surface area contributed by atoms with Gasteiger partial charge in [-0.15, -0.1) is 0 Å². The van der Waals surface area contributed by atoms with E-state index in [9.17, 15) is 22.8 Å². The van der Waals surface area contributed by atoms with E-state index in [2.05, 4.69) is 0 Å². The number of benzene rings is 1. The molecule has 0 N–H and O–H groups in total. The van der Waals surface area contributed by atoms with E-state index < -0.39 is 10.0 Å². The molecule has 2 rings (SSSR count). The van der Waals surface area contributed by atoms with Crippen molar-refractivity contribution in [2.45, 2.75) is 13.8 Å². The van der Waals surface area contributed by atoms with E-state index in [4.69, 9.17) is 0 Å². The third kappa shape index (κ3) is 4.81. The molecule has 0 saturated carbocycles. The minimum atomic E-state index is -3.71. The molecule has 0 spiro atoms. The zero-order valence-electron chi connectivity index (χ0n) is 15.1. The van der Waals surface area contributed by atoms with Gasteiger partial charge in [-0.05, 0) is 19.1 Å². The molecule has 9 heteroatoms. The van der Waals surface area contributed by atoms with Crippen LogP contribution in [0.5, 0.6) is 0 Å². The zero-order chi connectivity index (χ0) is 19.5. The quantitative estimate of drug-likeness (QED) is 0.686. The summed E-state index contributed by atoms with van der Waals surface area (Å²) in [5, 5.41) is 0. The lowest BCUT2D eigenvalue weighted by Gasteiger charge is -2.35. The predicted molar refractivity (Wildman–Crippen MR) is 97.5 cm³/mol. The molecule has 142 valence electrons. The Morgan fingerprint density at radius 3 is 2.12 bits per heavy atom. The van der Waals surface area contributed by atoms with E-state index in [1.807, 2.05) is 0 Å². The molecule has 1 fully saturated rings. The van der Waals surface area contributed by atoms with Gasteiger partial charge in [0.2, 0.25) is 21.8 Å². The molecular formula is C17H23N3O5S. The van der Waals surface area contributed by atoms with Crippen molar-refractivity contribution in [3.05, 3.63) is 29.8 Å². The lowest BCUT2D eigenvalue weighted by Crippen LogP contribution is -2.52. The van der Waals surface area contributed by atoms with Crippen molar-refractivity contribution in [1.82, 2.24) is 9.80 Å². The van der Waals surface area contributed by atoms with Crippen molar-refractivity contribution in [2.24, 2.45) is 0 Å². The third-order valence-corrected chi connectivity index (χ3v) is 5.44. The van der Waals surface area contributed by atoms with Crippen LogP contribution < -0.4 is 4.31 Å². The number of carbonyl (C=O) groups is 3. The molecule has 1 aliphatic heterocycles. The van der Waals surface area contributed by atoms with Crippen LogP contribution in [0.3, 0.4) is 0 Å². The fourth-order valence-electron chi connectivity index (χ4n) is 2.77. The van der Waals surface area contributed by atoms with Gasteiger partial charge in [-0.25, -0.2) is 8.42 Å². The number of amides is 2. The van der Waals surface area contributed by atoms with Crippen molar-refractivity contribution >= 4 is 33.3 Å². The molecular weight excluding hydrogens is 358 g/mol. The molecule has 0 aliphatic carbocycles. The normalized spacial score (nSPS) is 14.9. The highest BCUT2D eigenvalue weighted by Gasteiger charge is 2.27. The monoisotopic (exact) mass is 381 g/mol. The lowest BCUT2D eigenvalue weighted by molar-refractivity contribution is -0.137. The second-order valence-electron chi connectivity index (χ2n) is 6.26. The maximum absolute atomic E-state index is 12.6. The second kappa shape index (κ2) is 7.86. The van der Waals surface area contributed by atoms with Crippen LogP contribution in [0.4, 0.5) is 5.69 Å². The van der Waals surface area contributed by atoms with Crippen molar-refractivity contribution < 1.29 is 22.8 Å². The number of nitrogens with zero attached hydrogens (tertiary/aromatic N) is 3. The molecule has 0 radical (unpaired) electrons. The summed E-state index contributed by atoms with van der Waals surface area (Å²) in [7, 11) is -3.71. The number of carbonyl (C=O) groups excluding carboxylic acids is 3. The van der Waals surface area contributed by atoms with E-state index >= 15 is 0 Å². The number of Topliss-reactive ketones (excluding diaryl/α,β-unsaturated/α-hetero) is 1. The average molecular weight is 381 g/mol. The molecule has 0 unspecified atom stereocenters. The fourth-order valence-corrected chi connectivity index (χ4v) is 3.62. The van der Waals surface area contributed by atoms with Crippen LogP contribution in [0.25, 0.3) is 0 Å². The molecule has 1 aromatic rings. The minimum Gasteiger partial charge on any atom is -0.339 e. The molecule has 0 atom stereocenters. The highest BCUT2D eigenvalue weighted by Crippen LogP contribution is 2.20. The second-order valence-corrected chi connectivity index (χ2v) is 8.17. The molecule has 1 heterocycles. The Labute approximate surface area is 153 Å². The van der Waals surface area contributed by atoms with Crippen molar-refractivity contribution in [3.8, 4) is 0 Å². The van der Waals surface area contributed by atoms with Crippen LogP contribution in [-0.2, 0) is 19.6 Å². The summed E-state index contributed by atoms with van der Waals surface area (Å²) in [5.74, 6) is -0.574. The molecule has 1 saturated heterocycles. The first kappa shape index (κ1) is 19.9. The lowest BCUT2D eigenvalue weighted by atomic mass is 10.1. The van der Waals surface area contributed by atoms with E-state index in [1.54, 1.807) is 28.0 Å². The minimum absolute atomic E-state index is 0.0455. The maximum atomic E-state index is 12.6. The van der Waals surface area contributed by atoms with Crippen molar-refractivity contribution in [2.75, 3.05) is 43.3 Å². The number of anilines is 1. The Bertz CT molecular complexity index is 813. The van der Waals surface area contributed by atoms with E-state index in [0.717, 1.165) is 10.6 Å².